The molecule has 0 unspecified atom stereocenters. The largest absolute Gasteiger partial charge is 0.240 e. The number of halogens is 1. The molecule has 2 aromatic rings. The number of hydrogen-bond donors (Lipinski definition) is 0. The van der Waals surface area contributed by atoms with Crippen molar-refractivity contribution < 1.29 is 9.59 Å². The average Bonchev–Trinajstić information content (AvgIpc) is 2.44. The van der Waals surface area contributed by atoms with Crippen LogP contribution in [0.2, 0.25) is 5.02 Å². The van der Waals surface area contributed by atoms with Crippen LogP contribution in [-0.4, -0.2) is 12.2 Å². The Kier molecular flexibility index (Phi) is 4.24. The lowest BCUT2D eigenvalue weighted by Gasteiger charge is -2.10. The number of aryl methyl sites for hydroxylation is 1. The van der Waals surface area contributed by atoms with Gasteiger partial charge in [-0.1, -0.05) is 41.9 Å². The number of para-hydroxylation sites is 1. The maximum atomic E-state index is 10.6. The molecule has 0 aliphatic rings. The molecular weight excluding hydrogens is 276 g/mol. The molecule has 2 rings (SSSR count). The average molecular weight is 285 g/mol. The number of carbonyl (C=O) groups excluding carboxylic acids is 2. The van der Waals surface area contributed by atoms with Gasteiger partial charge in [0.25, 0.3) is 0 Å². The normalized spacial score (nSPS) is 9.50. The van der Waals surface area contributed by atoms with Crippen molar-refractivity contribution in [2.45, 2.75) is 6.92 Å². The molecule has 0 aliphatic heterocycles. The number of rotatable bonds is 3. The molecule has 98 valence electrons. The maximum Gasteiger partial charge on any atom is 0.240 e. The van der Waals surface area contributed by atoms with E-state index in [9.17, 15) is 9.59 Å². The molecule has 0 amide bonds. The van der Waals surface area contributed by atoms with Gasteiger partial charge in [-0.05, 0) is 18.6 Å². The predicted molar refractivity (Wildman–Crippen MR) is 77.2 cm³/mol. The van der Waals surface area contributed by atoms with Crippen LogP contribution >= 0.6 is 11.6 Å². The van der Waals surface area contributed by atoms with Crippen molar-refractivity contribution in [3.8, 4) is 11.1 Å². The van der Waals surface area contributed by atoms with E-state index in [-0.39, 0.29) is 11.4 Å². The summed E-state index contributed by atoms with van der Waals surface area (Å²) in [4.78, 5) is 28.2. The van der Waals surface area contributed by atoms with E-state index < -0.39 is 0 Å². The zero-order valence-electron chi connectivity index (χ0n) is 10.6. The molecule has 0 spiro atoms. The van der Waals surface area contributed by atoms with E-state index in [0.717, 1.165) is 5.56 Å². The molecule has 0 saturated heterocycles. The van der Waals surface area contributed by atoms with Crippen LogP contribution < -0.4 is 0 Å². The fourth-order valence-electron chi connectivity index (χ4n) is 1.91. The molecule has 0 bridgehead atoms. The van der Waals surface area contributed by atoms with Crippen LogP contribution in [0.1, 0.15) is 5.56 Å². The van der Waals surface area contributed by atoms with Gasteiger partial charge in [-0.25, -0.2) is 9.59 Å². The Hall–Kier alpha value is -2.51. The highest BCUT2D eigenvalue weighted by Crippen LogP contribution is 2.41. The minimum atomic E-state index is 0.248. The van der Waals surface area contributed by atoms with Gasteiger partial charge in [0.1, 0.15) is 11.4 Å². The number of aliphatic imine (C=N–C) groups is 2. The van der Waals surface area contributed by atoms with Crippen LogP contribution in [0.5, 0.6) is 0 Å². The van der Waals surface area contributed by atoms with Gasteiger partial charge in [-0.3, -0.25) is 0 Å². The zero-order chi connectivity index (χ0) is 14.5. The van der Waals surface area contributed by atoms with E-state index >= 15 is 0 Å². The second-order valence-electron chi connectivity index (χ2n) is 4.02. The van der Waals surface area contributed by atoms with Crippen LogP contribution in [0, 0.1) is 6.92 Å². The highest BCUT2D eigenvalue weighted by atomic mass is 35.5. The molecule has 0 fully saturated rings. The lowest BCUT2D eigenvalue weighted by atomic mass is 10.0. The van der Waals surface area contributed by atoms with Gasteiger partial charge in [0.2, 0.25) is 12.2 Å². The first-order chi connectivity index (χ1) is 9.69. The summed E-state index contributed by atoms with van der Waals surface area (Å²) in [7, 11) is 0. The zero-order valence-corrected chi connectivity index (χ0v) is 11.3. The Balaban J connectivity index is 2.80. The van der Waals surface area contributed by atoms with Crippen molar-refractivity contribution in [1.82, 2.24) is 0 Å². The molecule has 4 nitrogen and oxygen atoms in total. The summed E-state index contributed by atoms with van der Waals surface area (Å²) in [6, 6.07) is 10.5. The van der Waals surface area contributed by atoms with Gasteiger partial charge in [0, 0.05) is 11.1 Å². The molecule has 5 heteroatoms. The monoisotopic (exact) mass is 284 g/mol. The van der Waals surface area contributed by atoms with Crippen LogP contribution in [0.25, 0.3) is 11.1 Å². The Labute approximate surface area is 120 Å². The minimum Gasteiger partial charge on any atom is -0.211 e. The van der Waals surface area contributed by atoms with E-state index in [1.54, 1.807) is 18.2 Å². The summed E-state index contributed by atoms with van der Waals surface area (Å²) < 4.78 is 0. The van der Waals surface area contributed by atoms with E-state index in [4.69, 9.17) is 11.6 Å². The molecule has 0 atom stereocenters. The summed E-state index contributed by atoms with van der Waals surface area (Å²) in [6.07, 6.45) is 2.91. The van der Waals surface area contributed by atoms with Gasteiger partial charge in [-0.15, -0.1) is 0 Å². The molecule has 20 heavy (non-hydrogen) atoms. The summed E-state index contributed by atoms with van der Waals surface area (Å²) in [5.74, 6) is 0. The van der Waals surface area contributed by atoms with Crippen LogP contribution in [-0.2, 0) is 9.59 Å². The number of nitrogens with zero attached hydrogens (tertiary/aromatic N) is 2. The van der Waals surface area contributed by atoms with Gasteiger partial charge >= 0.3 is 0 Å². The highest BCUT2D eigenvalue weighted by molar-refractivity contribution is 6.34. The van der Waals surface area contributed by atoms with Crippen molar-refractivity contribution in [2.75, 3.05) is 0 Å². The first kappa shape index (κ1) is 13.9. The first-order valence-electron chi connectivity index (χ1n) is 5.73. The van der Waals surface area contributed by atoms with E-state index in [0.29, 0.717) is 16.1 Å². The standard InChI is InChI=1S/C15H9ClN2O2/c1-10-4-2-5-11(14(10)16)12-6-3-7-13(17-8-19)15(12)18-9-20/h2-7H,1H3. The Morgan fingerprint density at radius 3 is 2.30 bits per heavy atom. The summed E-state index contributed by atoms with van der Waals surface area (Å²) >= 11 is 6.28. The summed E-state index contributed by atoms with van der Waals surface area (Å²) in [5.41, 5.74) is 2.72. The smallest absolute Gasteiger partial charge is 0.211 e. The Morgan fingerprint density at radius 1 is 0.950 bits per heavy atom. The molecule has 0 saturated carbocycles. The Bertz CT molecular complexity index is 758. The molecule has 0 radical (unpaired) electrons. The van der Waals surface area contributed by atoms with Crippen molar-refractivity contribution in [1.29, 1.82) is 0 Å². The van der Waals surface area contributed by atoms with E-state index in [2.05, 4.69) is 9.98 Å². The minimum absolute atomic E-state index is 0.248. The van der Waals surface area contributed by atoms with Gasteiger partial charge < -0.3 is 0 Å². The highest BCUT2D eigenvalue weighted by Gasteiger charge is 2.13. The lowest BCUT2D eigenvalue weighted by Crippen LogP contribution is -1.84. The molecule has 0 heterocycles. The SMILES string of the molecule is Cc1cccc(-c2cccc(N=C=O)c2N=C=O)c1Cl. The van der Waals surface area contributed by atoms with Gasteiger partial charge in [0.15, 0.2) is 0 Å². The topological polar surface area (TPSA) is 58.9 Å². The molecule has 2 aromatic carbocycles. The van der Waals surface area contributed by atoms with Crippen molar-refractivity contribution in [3.63, 3.8) is 0 Å². The first-order valence-corrected chi connectivity index (χ1v) is 6.11. The third-order valence-corrected chi connectivity index (χ3v) is 3.32. The van der Waals surface area contributed by atoms with Gasteiger partial charge in [0.05, 0.1) is 5.02 Å². The number of isocyanates is 2. The van der Waals surface area contributed by atoms with Crippen molar-refractivity contribution in [2.24, 2.45) is 9.98 Å². The van der Waals surface area contributed by atoms with Gasteiger partial charge in [-0.2, -0.15) is 9.98 Å². The van der Waals surface area contributed by atoms with Crippen molar-refractivity contribution >= 4 is 35.1 Å². The molecule has 0 aliphatic carbocycles. The van der Waals surface area contributed by atoms with E-state index in [1.165, 1.54) is 12.2 Å². The number of benzene rings is 2. The molecule has 0 aromatic heterocycles. The second-order valence-corrected chi connectivity index (χ2v) is 4.39. The van der Waals surface area contributed by atoms with E-state index in [1.807, 2.05) is 25.1 Å². The summed E-state index contributed by atoms with van der Waals surface area (Å²) in [6.45, 7) is 1.88. The quantitative estimate of drug-likeness (QED) is 0.625. The fraction of sp³-hybridized carbons (Fsp3) is 0.0667. The van der Waals surface area contributed by atoms with Crippen LogP contribution in [0.15, 0.2) is 46.4 Å². The number of hydrogen-bond acceptors (Lipinski definition) is 4. The molecular formula is C15H9ClN2O2. The maximum absolute atomic E-state index is 10.6. The Morgan fingerprint density at radius 2 is 1.60 bits per heavy atom. The lowest BCUT2D eigenvalue weighted by molar-refractivity contribution is 0.564. The van der Waals surface area contributed by atoms with Crippen LogP contribution in [0.3, 0.4) is 0 Å². The summed E-state index contributed by atoms with van der Waals surface area (Å²) in [5, 5.41) is 0.557. The third-order valence-electron chi connectivity index (χ3n) is 2.82. The fourth-order valence-corrected chi connectivity index (χ4v) is 2.13. The third kappa shape index (κ3) is 2.58. The predicted octanol–water partition coefficient (Wildman–Crippen LogP) is 4.25. The molecule has 0 N–H and O–H groups in total. The van der Waals surface area contributed by atoms with Crippen LogP contribution in [0.4, 0.5) is 11.4 Å². The van der Waals surface area contributed by atoms with Crippen molar-refractivity contribution in [3.05, 3.63) is 47.0 Å². The second kappa shape index (κ2) is 6.09.